The predicted octanol–water partition coefficient (Wildman–Crippen LogP) is 3.67. The van der Waals surface area contributed by atoms with E-state index in [1.807, 2.05) is 0 Å². The van der Waals surface area contributed by atoms with Crippen molar-refractivity contribution >= 4 is 39.4 Å². The summed E-state index contributed by atoms with van der Waals surface area (Å²) in [7, 11) is 0. The van der Waals surface area contributed by atoms with Gasteiger partial charge in [-0.3, -0.25) is 0 Å². The molecule has 0 fully saturated rings. The molecule has 1 rings (SSSR count). The Labute approximate surface area is 83.8 Å². The monoisotopic (exact) mass is 239 g/mol. The molecule has 0 aliphatic carbocycles. The van der Waals surface area contributed by atoms with E-state index in [2.05, 4.69) is 35.2 Å². The second-order valence-corrected chi connectivity index (χ2v) is 4.42. The number of rotatable bonds is 2. The molecule has 0 bridgehead atoms. The third-order valence-corrected chi connectivity index (χ3v) is 3.30. The molecule has 1 aromatic heterocycles. The van der Waals surface area contributed by atoms with Gasteiger partial charge in [-0.2, -0.15) is 5.26 Å². The number of thiophene rings is 1. The van der Waals surface area contributed by atoms with Crippen molar-refractivity contribution < 1.29 is 0 Å². The van der Waals surface area contributed by atoms with Crippen LogP contribution in [0.2, 0.25) is 0 Å². The van der Waals surface area contributed by atoms with E-state index in [1.54, 1.807) is 12.2 Å². The molecule has 0 aliphatic heterocycles. The van der Waals surface area contributed by atoms with Crippen LogP contribution in [0.5, 0.6) is 0 Å². The highest BCUT2D eigenvalue weighted by atomic mass is 79.9. The molecule has 0 amide bonds. The maximum atomic E-state index is 8.78. The Hall–Kier alpha value is -0.850. The van der Waals surface area contributed by atoms with E-state index in [1.165, 1.54) is 11.3 Å². The van der Waals surface area contributed by atoms with E-state index >= 15 is 0 Å². The van der Waals surface area contributed by atoms with E-state index in [0.29, 0.717) is 5.56 Å². The van der Waals surface area contributed by atoms with Crippen LogP contribution in [0.4, 0.5) is 0 Å². The lowest BCUT2D eigenvalue weighted by atomic mass is 10.1. The first-order valence-electron chi connectivity index (χ1n) is 3.21. The summed E-state index contributed by atoms with van der Waals surface area (Å²) in [5, 5.41) is 8.78. The van der Waals surface area contributed by atoms with Crippen LogP contribution >= 0.6 is 27.3 Å². The van der Waals surface area contributed by atoms with Crippen molar-refractivity contribution in [1.29, 1.82) is 5.26 Å². The second-order valence-electron chi connectivity index (χ2n) is 2.05. The lowest BCUT2D eigenvalue weighted by molar-refractivity contribution is 1.49. The first-order chi connectivity index (χ1) is 5.74. The van der Waals surface area contributed by atoms with Crippen LogP contribution < -0.4 is 0 Å². The van der Waals surface area contributed by atoms with Gasteiger partial charge in [0.25, 0.3) is 0 Å². The highest BCUT2D eigenvalue weighted by Crippen LogP contribution is 2.33. The molecule has 1 nitrogen and oxygen atoms in total. The molecule has 0 atom stereocenters. The summed E-state index contributed by atoms with van der Waals surface area (Å²) in [5.41, 5.74) is 1.51. The van der Waals surface area contributed by atoms with Crippen molar-refractivity contribution in [1.82, 2.24) is 0 Å². The number of hydrogen-bond acceptors (Lipinski definition) is 2. The SMILES string of the molecule is C=Cc1sc(Br)c(C#N)c1C=C. The Morgan fingerprint density at radius 1 is 1.42 bits per heavy atom. The zero-order chi connectivity index (χ0) is 9.14. The molecule has 0 saturated heterocycles. The predicted molar refractivity (Wildman–Crippen MR) is 56.9 cm³/mol. The van der Waals surface area contributed by atoms with Crippen molar-refractivity contribution in [3.63, 3.8) is 0 Å². The first-order valence-corrected chi connectivity index (χ1v) is 4.82. The quantitative estimate of drug-likeness (QED) is 0.773. The third kappa shape index (κ3) is 1.36. The van der Waals surface area contributed by atoms with E-state index in [-0.39, 0.29) is 0 Å². The Bertz CT molecular complexity index is 371. The van der Waals surface area contributed by atoms with Gasteiger partial charge in [-0.25, -0.2) is 0 Å². The van der Waals surface area contributed by atoms with Gasteiger partial charge in [0.1, 0.15) is 6.07 Å². The van der Waals surface area contributed by atoms with Crippen molar-refractivity contribution in [2.45, 2.75) is 0 Å². The Kier molecular flexibility index (Phi) is 2.85. The van der Waals surface area contributed by atoms with Crippen LogP contribution in [0.3, 0.4) is 0 Å². The molecule has 0 aromatic carbocycles. The van der Waals surface area contributed by atoms with Crippen LogP contribution in [0.15, 0.2) is 16.9 Å². The van der Waals surface area contributed by atoms with Crippen LogP contribution in [0, 0.1) is 11.3 Å². The molecule has 0 saturated carbocycles. The summed E-state index contributed by atoms with van der Waals surface area (Å²) in [5.74, 6) is 0. The first kappa shape index (κ1) is 9.24. The number of hydrogen-bond donors (Lipinski definition) is 0. The molecular formula is C9H6BrNS. The van der Waals surface area contributed by atoms with Crippen LogP contribution in [0.25, 0.3) is 12.2 Å². The molecule has 0 spiro atoms. The van der Waals surface area contributed by atoms with Crippen molar-refractivity contribution in [2.75, 3.05) is 0 Å². The zero-order valence-corrected chi connectivity index (χ0v) is 8.70. The van der Waals surface area contributed by atoms with Crippen molar-refractivity contribution in [2.24, 2.45) is 0 Å². The molecule has 0 unspecified atom stereocenters. The van der Waals surface area contributed by atoms with E-state index in [9.17, 15) is 0 Å². The Morgan fingerprint density at radius 3 is 2.50 bits per heavy atom. The van der Waals surface area contributed by atoms with Gasteiger partial charge in [-0.05, 0) is 15.9 Å². The second kappa shape index (κ2) is 3.70. The van der Waals surface area contributed by atoms with Gasteiger partial charge in [0.2, 0.25) is 0 Å². The molecule has 3 heteroatoms. The fourth-order valence-corrected chi connectivity index (χ4v) is 2.54. The summed E-state index contributed by atoms with van der Waals surface area (Å²) in [6.45, 7) is 7.31. The molecular weight excluding hydrogens is 234 g/mol. The number of halogens is 1. The minimum Gasteiger partial charge on any atom is -0.192 e. The topological polar surface area (TPSA) is 23.8 Å². The lowest BCUT2D eigenvalue weighted by Crippen LogP contribution is -1.75. The summed E-state index contributed by atoms with van der Waals surface area (Å²) in [4.78, 5) is 0.980. The van der Waals surface area contributed by atoms with Gasteiger partial charge < -0.3 is 0 Å². The Balaban J connectivity index is 3.47. The van der Waals surface area contributed by atoms with Gasteiger partial charge in [-0.1, -0.05) is 25.3 Å². The molecule has 1 heterocycles. The molecule has 60 valence electrons. The third-order valence-electron chi connectivity index (χ3n) is 1.43. The number of nitrogens with zero attached hydrogens (tertiary/aromatic N) is 1. The van der Waals surface area contributed by atoms with Crippen molar-refractivity contribution in [3.05, 3.63) is 32.9 Å². The summed E-state index contributed by atoms with van der Waals surface area (Å²) < 4.78 is 0.842. The molecule has 0 radical (unpaired) electrons. The van der Waals surface area contributed by atoms with Crippen LogP contribution in [-0.2, 0) is 0 Å². The molecule has 0 N–H and O–H groups in total. The zero-order valence-electron chi connectivity index (χ0n) is 6.30. The largest absolute Gasteiger partial charge is 0.192 e. The summed E-state index contributed by atoms with van der Waals surface area (Å²) in [6.07, 6.45) is 3.41. The normalized spacial score (nSPS) is 9.00. The summed E-state index contributed by atoms with van der Waals surface area (Å²) >= 11 is 4.81. The minimum absolute atomic E-state index is 0.643. The minimum atomic E-state index is 0.643. The van der Waals surface area contributed by atoms with Gasteiger partial charge >= 0.3 is 0 Å². The molecule has 0 aliphatic rings. The Morgan fingerprint density at radius 2 is 2.08 bits per heavy atom. The fraction of sp³-hybridized carbons (Fsp3) is 0. The molecule has 12 heavy (non-hydrogen) atoms. The van der Waals surface area contributed by atoms with Gasteiger partial charge in [-0.15, -0.1) is 11.3 Å². The average molecular weight is 240 g/mol. The maximum Gasteiger partial charge on any atom is 0.102 e. The highest BCUT2D eigenvalue weighted by molar-refractivity contribution is 9.11. The fourth-order valence-electron chi connectivity index (χ4n) is 0.890. The maximum absolute atomic E-state index is 8.78. The van der Waals surface area contributed by atoms with Gasteiger partial charge in [0.05, 0.1) is 9.35 Å². The van der Waals surface area contributed by atoms with E-state index in [4.69, 9.17) is 5.26 Å². The van der Waals surface area contributed by atoms with Crippen molar-refractivity contribution in [3.8, 4) is 6.07 Å². The van der Waals surface area contributed by atoms with Crippen LogP contribution in [0.1, 0.15) is 16.0 Å². The van der Waals surface area contributed by atoms with Gasteiger partial charge in [0.15, 0.2) is 0 Å². The number of nitriles is 1. The van der Waals surface area contributed by atoms with E-state index in [0.717, 1.165) is 14.2 Å². The smallest absolute Gasteiger partial charge is 0.102 e. The highest BCUT2D eigenvalue weighted by Gasteiger charge is 2.11. The van der Waals surface area contributed by atoms with Gasteiger partial charge in [0, 0.05) is 10.4 Å². The van der Waals surface area contributed by atoms with Crippen LogP contribution in [-0.4, -0.2) is 0 Å². The lowest BCUT2D eigenvalue weighted by Gasteiger charge is -1.89. The molecule has 1 aromatic rings. The standard InChI is InChI=1S/C9H6BrNS/c1-3-6-7(5-11)9(10)12-8(6)4-2/h3-4H,1-2H2. The van der Waals surface area contributed by atoms with E-state index < -0.39 is 0 Å². The average Bonchev–Trinajstić information content (AvgIpc) is 2.40. The summed E-state index contributed by atoms with van der Waals surface area (Å²) in [6, 6.07) is 2.11.